The van der Waals surface area contributed by atoms with Crippen molar-refractivity contribution in [2.24, 2.45) is 0 Å². The lowest BCUT2D eigenvalue weighted by Crippen LogP contribution is -2.31. The molecule has 0 amide bonds. The van der Waals surface area contributed by atoms with E-state index in [4.69, 9.17) is 11.6 Å². The number of imidazole rings is 1. The summed E-state index contributed by atoms with van der Waals surface area (Å²) in [5, 5.41) is -0.435. The van der Waals surface area contributed by atoms with Gasteiger partial charge in [-0.15, -0.1) is 0 Å². The lowest BCUT2D eigenvalue weighted by molar-refractivity contribution is -0.141. The number of nitrogens with zero attached hydrogens (tertiary/aromatic N) is 4. The molecule has 0 aliphatic carbocycles. The maximum atomic E-state index is 12.8. The minimum Gasteiger partial charge on any atom is -0.348 e. The van der Waals surface area contributed by atoms with Crippen molar-refractivity contribution in [3.05, 3.63) is 35.3 Å². The monoisotopic (exact) mass is 319 g/mol. The van der Waals surface area contributed by atoms with Crippen molar-refractivity contribution in [3.63, 3.8) is 0 Å². The van der Waals surface area contributed by atoms with Crippen LogP contribution in [0.4, 0.5) is 19.0 Å². The number of nitrogens with one attached hydrogen (secondary N) is 1. The van der Waals surface area contributed by atoms with Gasteiger partial charge in [0.05, 0.1) is 18.6 Å². The average Bonchev–Trinajstić information content (AvgIpc) is 2.86. The smallest absolute Gasteiger partial charge is 0.348 e. The molecule has 0 aliphatic heterocycles. The lowest BCUT2D eigenvalue weighted by Gasteiger charge is -2.27. The SMILES string of the molecule is CC(C)N(Cc1cnc[nH]1)c1cc(C(F)(F)F)nc(Cl)n1. The van der Waals surface area contributed by atoms with Crippen molar-refractivity contribution in [2.45, 2.75) is 32.6 Å². The van der Waals surface area contributed by atoms with Crippen LogP contribution in [0.3, 0.4) is 0 Å². The molecule has 114 valence electrons. The van der Waals surface area contributed by atoms with Crippen LogP contribution in [0.5, 0.6) is 0 Å². The van der Waals surface area contributed by atoms with Crippen LogP contribution in [-0.2, 0) is 12.7 Å². The molecule has 0 radical (unpaired) electrons. The standard InChI is InChI=1S/C12H13ClF3N5/c1-7(2)21(5-8-4-17-6-18-8)10-3-9(12(14,15)16)19-11(13)20-10/h3-4,6-7H,5H2,1-2H3,(H,17,18). The Balaban J connectivity index is 2.38. The van der Waals surface area contributed by atoms with Gasteiger partial charge in [0.2, 0.25) is 5.28 Å². The van der Waals surface area contributed by atoms with Crippen molar-refractivity contribution in [1.29, 1.82) is 0 Å². The van der Waals surface area contributed by atoms with Gasteiger partial charge in [0.25, 0.3) is 0 Å². The second kappa shape index (κ2) is 5.88. The van der Waals surface area contributed by atoms with Crippen LogP contribution in [0.1, 0.15) is 25.2 Å². The highest BCUT2D eigenvalue weighted by atomic mass is 35.5. The van der Waals surface area contributed by atoms with Gasteiger partial charge in [-0.3, -0.25) is 0 Å². The minimum absolute atomic E-state index is 0.0830. The van der Waals surface area contributed by atoms with Gasteiger partial charge in [0, 0.05) is 18.3 Å². The van der Waals surface area contributed by atoms with Crippen LogP contribution < -0.4 is 4.90 Å². The Labute approximate surface area is 124 Å². The van der Waals surface area contributed by atoms with Crippen molar-refractivity contribution in [2.75, 3.05) is 4.90 Å². The third-order valence-electron chi connectivity index (χ3n) is 2.79. The number of H-pyrrole nitrogens is 1. The molecule has 0 bridgehead atoms. The first kappa shape index (κ1) is 15.6. The molecular formula is C12H13ClF3N5. The highest BCUT2D eigenvalue weighted by Crippen LogP contribution is 2.31. The minimum atomic E-state index is -4.57. The second-order valence-corrected chi connectivity index (χ2v) is 5.01. The summed E-state index contributed by atoms with van der Waals surface area (Å²) in [5.41, 5.74) is -0.306. The van der Waals surface area contributed by atoms with Gasteiger partial charge >= 0.3 is 6.18 Å². The zero-order valence-electron chi connectivity index (χ0n) is 11.3. The van der Waals surface area contributed by atoms with Gasteiger partial charge in [0.1, 0.15) is 5.82 Å². The van der Waals surface area contributed by atoms with Crippen LogP contribution in [0, 0.1) is 0 Å². The summed E-state index contributed by atoms with van der Waals surface area (Å²) in [5.74, 6) is 0.118. The Morgan fingerprint density at radius 2 is 2.05 bits per heavy atom. The fourth-order valence-electron chi connectivity index (χ4n) is 1.78. The molecule has 2 rings (SSSR count). The first-order chi connectivity index (χ1) is 9.77. The zero-order valence-corrected chi connectivity index (χ0v) is 12.1. The Hall–Kier alpha value is -1.83. The summed E-state index contributed by atoms with van der Waals surface area (Å²) in [6.07, 6.45) is -1.47. The molecule has 2 aromatic heterocycles. The van der Waals surface area contributed by atoms with E-state index < -0.39 is 17.2 Å². The summed E-state index contributed by atoms with van der Waals surface area (Å²) in [7, 11) is 0. The number of hydrogen-bond acceptors (Lipinski definition) is 4. The summed E-state index contributed by atoms with van der Waals surface area (Å²) in [6, 6.07) is 0.808. The molecule has 21 heavy (non-hydrogen) atoms. The number of aromatic amines is 1. The van der Waals surface area contributed by atoms with Crippen molar-refractivity contribution < 1.29 is 13.2 Å². The lowest BCUT2D eigenvalue weighted by atomic mass is 10.2. The van der Waals surface area contributed by atoms with E-state index >= 15 is 0 Å². The largest absolute Gasteiger partial charge is 0.433 e. The van der Waals surface area contributed by atoms with E-state index in [0.29, 0.717) is 6.54 Å². The molecule has 0 saturated heterocycles. The van der Waals surface area contributed by atoms with E-state index in [-0.39, 0.29) is 11.9 Å². The Morgan fingerprint density at radius 3 is 2.57 bits per heavy atom. The Bertz CT molecular complexity index is 597. The van der Waals surface area contributed by atoms with Crippen LogP contribution in [0.15, 0.2) is 18.6 Å². The molecule has 2 aromatic rings. The predicted octanol–water partition coefficient (Wildman–Crippen LogP) is 3.29. The molecule has 0 aliphatic rings. The molecule has 0 atom stereocenters. The van der Waals surface area contributed by atoms with Crippen LogP contribution >= 0.6 is 11.6 Å². The highest BCUT2D eigenvalue weighted by molar-refractivity contribution is 6.28. The maximum Gasteiger partial charge on any atom is 0.433 e. The number of anilines is 1. The molecule has 0 unspecified atom stereocenters. The highest BCUT2D eigenvalue weighted by Gasteiger charge is 2.34. The predicted molar refractivity (Wildman–Crippen MR) is 72.0 cm³/mol. The first-order valence-corrected chi connectivity index (χ1v) is 6.51. The summed E-state index contributed by atoms with van der Waals surface area (Å²) < 4.78 is 38.4. The molecule has 1 N–H and O–H groups in total. The number of halogens is 4. The molecule has 0 saturated carbocycles. The summed E-state index contributed by atoms with van der Waals surface area (Å²) in [4.78, 5) is 15.6. The second-order valence-electron chi connectivity index (χ2n) is 4.68. The number of alkyl halides is 3. The number of rotatable bonds is 4. The molecule has 0 aromatic carbocycles. The number of aromatic nitrogens is 4. The Kier molecular flexibility index (Phi) is 4.36. The van der Waals surface area contributed by atoms with Crippen molar-refractivity contribution in [3.8, 4) is 0 Å². The topological polar surface area (TPSA) is 57.7 Å². The van der Waals surface area contributed by atoms with Gasteiger partial charge in [-0.25, -0.2) is 15.0 Å². The molecule has 0 spiro atoms. The molecule has 9 heteroatoms. The van der Waals surface area contributed by atoms with Crippen molar-refractivity contribution >= 4 is 17.4 Å². The quantitative estimate of drug-likeness (QED) is 0.879. The summed E-state index contributed by atoms with van der Waals surface area (Å²) in [6.45, 7) is 4.03. The first-order valence-electron chi connectivity index (χ1n) is 6.13. The van der Waals surface area contributed by atoms with E-state index in [0.717, 1.165) is 11.8 Å². The van der Waals surface area contributed by atoms with Crippen LogP contribution in [0.25, 0.3) is 0 Å². The van der Waals surface area contributed by atoms with Crippen molar-refractivity contribution in [1.82, 2.24) is 19.9 Å². The zero-order chi connectivity index (χ0) is 15.6. The van der Waals surface area contributed by atoms with Gasteiger partial charge in [-0.05, 0) is 25.4 Å². The van der Waals surface area contributed by atoms with Gasteiger partial charge in [-0.2, -0.15) is 13.2 Å². The van der Waals surface area contributed by atoms with E-state index in [9.17, 15) is 13.2 Å². The van der Waals surface area contributed by atoms with Crippen LogP contribution in [-0.4, -0.2) is 26.0 Å². The molecule has 5 nitrogen and oxygen atoms in total. The normalized spacial score (nSPS) is 12.0. The van der Waals surface area contributed by atoms with E-state index in [1.165, 1.54) is 6.33 Å². The summed E-state index contributed by atoms with van der Waals surface area (Å²) >= 11 is 5.62. The molecule has 2 heterocycles. The van der Waals surface area contributed by atoms with E-state index in [2.05, 4.69) is 19.9 Å². The fraction of sp³-hybridized carbons (Fsp3) is 0.417. The van der Waals surface area contributed by atoms with E-state index in [1.54, 1.807) is 11.1 Å². The Morgan fingerprint density at radius 1 is 1.33 bits per heavy atom. The molecule has 0 fully saturated rings. The third kappa shape index (κ3) is 3.84. The fourth-order valence-corrected chi connectivity index (χ4v) is 1.96. The van der Waals surface area contributed by atoms with Gasteiger partial charge in [0.15, 0.2) is 5.69 Å². The van der Waals surface area contributed by atoms with Crippen LogP contribution in [0.2, 0.25) is 5.28 Å². The van der Waals surface area contributed by atoms with E-state index in [1.807, 2.05) is 13.8 Å². The number of hydrogen-bond donors (Lipinski definition) is 1. The van der Waals surface area contributed by atoms with Gasteiger partial charge < -0.3 is 9.88 Å². The molecular weight excluding hydrogens is 307 g/mol. The maximum absolute atomic E-state index is 12.8. The van der Waals surface area contributed by atoms with Gasteiger partial charge in [-0.1, -0.05) is 0 Å². The average molecular weight is 320 g/mol. The third-order valence-corrected chi connectivity index (χ3v) is 2.96.